The van der Waals surface area contributed by atoms with Gasteiger partial charge in [0.25, 0.3) is 0 Å². The molecule has 2 aromatic heterocycles. The second kappa shape index (κ2) is 5.11. The predicted molar refractivity (Wildman–Crippen MR) is 88.3 cm³/mol. The van der Waals surface area contributed by atoms with Gasteiger partial charge >= 0.3 is 0 Å². The normalized spacial score (nSPS) is 10.9. The lowest BCUT2D eigenvalue weighted by atomic mass is 10.1. The molecule has 4 rings (SSSR count). The number of hydrogen-bond acceptors (Lipinski definition) is 3. The minimum atomic E-state index is 1.02. The molecule has 2 nitrogen and oxygen atoms in total. The van der Waals surface area contributed by atoms with Crippen LogP contribution in [-0.4, -0.2) is 9.97 Å². The molecular formula is C18H12N2S. The maximum Gasteiger partial charge on any atom is 0.126 e. The highest BCUT2D eigenvalue weighted by molar-refractivity contribution is 7.21. The van der Waals surface area contributed by atoms with Gasteiger partial charge in [-0.25, -0.2) is 4.98 Å². The Bertz CT molecular complexity index is 864. The zero-order valence-electron chi connectivity index (χ0n) is 11.2. The van der Waals surface area contributed by atoms with Crippen molar-refractivity contribution in [2.24, 2.45) is 0 Å². The fourth-order valence-corrected chi connectivity index (χ4v) is 3.29. The third-order valence-corrected chi connectivity index (χ3v) is 4.47. The van der Waals surface area contributed by atoms with Gasteiger partial charge in [-0.1, -0.05) is 42.5 Å². The van der Waals surface area contributed by atoms with Gasteiger partial charge in [0.05, 0.1) is 10.2 Å². The van der Waals surface area contributed by atoms with Crippen LogP contribution in [0.25, 0.3) is 31.9 Å². The highest BCUT2D eigenvalue weighted by Crippen LogP contribution is 2.31. The van der Waals surface area contributed by atoms with E-state index in [2.05, 4.69) is 29.2 Å². The van der Waals surface area contributed by atoms with Gasteiger partial charge < -0.3 is 0 Å². The quantitative estimate of drug-likeness (QED) is 0.517. The first-order chi connectivity index (χ1) is 10.4. The summed E-state index contributed by atoms with van der Waals surface area (Å²) >= 11 is 1.70. The van der Waals surface area contributed by atoms with Crippen molar-refractivity contribution in [1.29, 1.82) is 0 Å². The topological polar surface area (TPSA) is 25.8 Å². The first kappa shape index (κ1) is 12.2. The van der Waals surface area contributed by atoms with Gasteiger partial charge in [-0.15, -0.1) is 11.3 Å². The van der Waals surface area contributed by atoms with Gasteiger partial charge in [-0.3, -0.25) is 4.98 Å². The monoisotopic (exact) mass is 288 g/mol. The van der Waals surface area contributed by atoms with Gasteiger partial charge in [0.1, 0.15) is 5.01 Å². The molecule has 0 bridgehead atoms. The standard InChI is InChI=1S/C18H12N2S/c1-2-6-13(7-3-1)14-10-15(12-19-11-14)18-20-16-8-4-5-9-17(16)21-18/h1-12H. The average molecular weight is 288 g/mol. The van der Waals surface area contributed by atoms with Crippen LogP contribution in [0.3, 0.4) is 0 Å². The van der Waals surface area contributed by atoms with Gasteiger partial charge in [0.2, 0.25) is 0 Å². The molecule has 0 aliphatic carbocycles. The third-order valence-electron chi connectivity index (χ3n) is 3.39. The van der Waals surface area contributed by atoms with E-state index in [0.29, 0.717) is 0 Å². The minimum absolute atomic E-state index is 1.02. The Kier molecular flexibility index (Phi) is 2.98. The Balaban J connectivity index is 1.82. The lowest BCUT2D eigenvalue weighted by molar-refractivity contribution is 1.32. The molecule has 0 amide bonds. The van der Waals surface area contributed by atoms with E-state index in [1.54, 1.807) is 11.3 Å². The van der Waals surface area contributed by atoms with Crippen LogP contribution in [0.15, 0.2) is 73.1 Å². The van der Waals surface area contributed by atoms with Crippen LogP contribution in [0.4, 0.5) is 0 Å². The van der Waals surface area contributed by atoms with Crippen LogP contribution in [0.2, 0.25) is 0 Å². The van der Waals surface area contributed by atoms with Crippen LogP contribution < -0.4 is 0 Å². The SMILES string of the molecule is c1ccc(-c2cncc(-c3nc4ccccc4s3)c2)cc1. The molecule has 0 N–H and O–H groups in total. The Morgan fingerprint density at radius 3 is 2.33 bits per heavy atom. The van der Waals surface area contributed by atoms with E-state index < -0.39 is 0 Å². The van der Waals surface area contributed by atoms with Gasteiger partial charge in [-0.2, -0.15) is 0 Å². The summed E-state index contributed by atoms with van der Waals surface area (Å²) in [5.41, 5.74) is 4.40. The molecule has 4 aromatic rings. The summed E-state index contributed by atoms with van der Waals surface area (Å²) in [7, 11) is 0. The van der Waals surface area contributed by atoms with Crippen LogP contribution in [0, 0.1) is 0 Å². The molecule has 0 spiro atoms. The highest BCUT2D eigenvalue weighted by atomic mass is 32.1. The number of fused-ring (bicyclic) bond motifs is 1. The maximum absolute atomic E-state index is 4.70. The van der Waals surface area contributed by atoms with E-state index in [4.69, 9.17) is 4.98 Å². The first-order valence-corrected chi connectivity index (χ1v) is 7.58. The number of nitrogens with zero attached hydrogens (tertiary/aromatic N) is 2. The van der Waals surface area contributed by atoms with Crippen LogP contribution in [0.5, 0.6) is 0 Å². The first-order valence-electron chi connectivity index (χ1n) is 6.76. The molecule has 0 aliphatic heterocycles. The van der Waals surface area contributed by atoms with Crippen LogP contribution in [-0.2, 0) is 0 Å². The van der Waals surface area contributed by atoms with Crippen molar-refractivity contribution < 1.29 is 0 Å². The van der Waals surface area contributed by atoms with Crippen molar-refractivity contribution in [3.63, 3.8) is 0 Å². The Morgan fingerprint density at radius 1 is 0.714 bits per heavy atom. The van der Waals surface area contributed by atoms with Crippen LogP contribution in [0.1, 0.15) is 0 Å². The van der Waals surface area contributed by atoms with Crippen molar-refractivity contribution in [3.8, 4) is 21.7 Å². The van der Waals surface area contributed by atoms with Gasteiger partial charge in [-0.05, 0) is 23.8 Å². The molecular weight excluding hydrogens is 276 g/mol. The van der Waals surface area contributed by atoms with Crippen molar-refractivity contribution in [3.05, 3.63) is 73.1 Å². The summed E-state index contributed by atoms with van der Waals surface area (Å²) in [6, 6.07) is 20.7. The number of para-hydroxylation sites is 1. The molecule has 100 valence electrons. The highest BCUT2D eigenvalue weighted by Gasteiger charge is 2.07. The summed E-state index contributed by atoms with van der Waals surface area (Å²) < 4.78 is 1.21. The Labute approximate surface area is 126 Å². The molecule has 0 radical (unpaired) electrons. The van der Waals surface area contributed by atoms with E-state index in [-0.39, 0.29) is 0 Å². The second-order valence-corrected chi connectivity index (χ2v) is 5.85. The lowest BCUT2D eigenvalue weighted by Gasteiger charge is -2.02. The molecule has 2 aromatic carbocycles. The smallest absolute Gasteiger partial charge is 0.126 e. The number of rotatable bonds is 2. The van der Waals surface area contributed by atoms with Crippen LogP contribution >= 0.6 is 11.3 Å². The molecule has 2 heterocycles. The second-order valence-electron chi connectivity index (χ2n) is 4.82. The molecule has 0 saturated heterocycles. The third kappa shape index (κ3) is 2.32. The Hall–Kier alpha value is -2.52. The predicted octanol–water partition coefficient (Wildman–Crippen LogP) is 5.03. The van der Waals surface area contributed by atoms with Crippen molar-refractivity contribution in [2.45, 2.75) is 0 Å². The number of thiazole rings is 1. The lowest BCUT2D eigenvalue weighted by Crippen LogP contribution is -1.83. The number of benzene rings is 2. The Morgan fingerprint density at radius 2 is 1.48 bits per heavy atom. The van der Waals surface area contributed by atoms with Crippen molar-refractivity contribution >= 4 is 21.6 Å². The average Bonchev–Trinajstić information content (AvgIpc) is 3.00. The fraction of sp³-hybridized carbons (Fsp3) is 0. The summed E-state index contributed by atoms with van der Waals surface area (Å²) in [4.78, 5) is 9.07. The van der Waals surface area contributed by atoms with Gasteiger partial charge in [0, 0.05) is 23.5 Å². The fourth-order valence-electron chi connectivity index (χ4n) is 2.34. The van der Waals surface area contributed by atoms with Gasteiger partial charge in [0.15, 0.2) is 0 Å². The summed E-state index contributed by atoms with van der Waals surface area (Å²) in [6.07, 6.45) is 3.77. The molecule has 0 saturated carbocycles. The zero-order valence-corrected chi connectivity index (χ0v) is 12.0. The molecule has 21 heavy (non-hydrogen) atoms. The number of hydrogen-bond donors (Lipinski definition) is 0. The molecule has 0 aliphatic rings. The summed E-state index contributed by atoms with van der Waals surface area (Å²) in [5.74, 6) is 0. The van der Waals surface area contributed by atoms with E-state index in [9.17, 15) is 0 Å². The largest absolute Gasteiger partial charge is 0.263 e. The minimum Gasteiger partial charge on any atom is -0.263 e. The molecule has 0 atom stereocenters. The van der Waals surface area contributed by atoms with E-state index in [0.717, 1.165) is 21.7 Å². The van der Waals surface area contributed by atoms with E-state index in [1.165, 1.54) is 10.3 Å². The van der Waals surface area contributed by atoms with E-state index in [1.807, 2.05) is 48.8 Å². The van der Waals surface area contributed by atoms with E-state index >= 15 is 0 Å². The van der Waals surface area contributed by atoms with Crippen molar-refractivity contribution in [1.82, 2.24) is 9.97 Å². The summed E-state index contributed by atoms with van der Waals surface area (Å²) in [6.45, 7) is 0. The molecule has 0 unspecified atom stereocenters. The number of aromatic nitrogens is 2. The molecule has 3 heteroatoms. The number of pyridine rings is 1. The maximum atomic E-state index is 4.70. The molecule has 0 fully saturated rings. The van der Waals surface area contributed by atoms with Crippen molar-refractivity contribution in [2.75, 3.05) is 0 Å². The summed E-state index contributed by atoms with van der Waals surface area (Å²) in [5, 5.41) is 1.02. The zero-order chi connectivity index (χ0) is 14.1.